The molecule has 0 saturated heterocycles. The molecular formula is C26H23F2N3O5. The molecular weight excluding hydrogens is 472 g/mol. The second-order valence-electron chi connectivity index (χ2n) is 8.73. The third-order valence-electron chi connectivity index (χ3n) is 6.20. The maximum absolute atomic E-state index is 13.4. The molecule has 186 valence electrons. The molecule has 1 aliphatic carbocycles. The normalized spacial score (nSPS) is 16.3. The minimum absolute atomic E-state index is 0.0704. The summed E-state index contributed by atoms with van der Waals surface area (Å²) in [4.78, 5) is 30.1. The Kier molecular flexibility index (Phi) is 5.83. The summed E-state index contributed by atoms with van der Waals surface area (Å²) >= 11 is 0. The average molecular weight is 495 g/mol. The van der Waals surface area contributed by atoms with Crippen molar-refractivity contribution in [1.29, 1.82) is 0 Å². The van der Waals surface area contributed by atoms with Gasteiger partial charge in [0.05, 0.1) is 16.7 Å². The van der Waals surface area contributed by atoms with E-state index in [9.17, 15) is 18.4 Å². The number of aryl methyl sites for hydroxylation is 1. The highest BCUT2D eigenvalue weighted by atomic mass is 19.3. The molecule has 0 radical (unpaired) electrons. The summed E-state index contributed by atoms with van der Waals surface area (Å²) in [6.07, 6.45) is -2.61. The molecule has 0 bridgehead atoms. The smallest absolute Gasteiger partial charge is 0.461 e. The lowest BCUT2D eigenvalue weighted by Gasteiger charge is -2.17. The van der Waals surface area contributed by atoms with Crippen molar-refractivity contribution in [2.24, 2.45) is 5.73 Å². The van der Waals surface area contributed by atoms with Crippen LogP contribution in [0.15, 0.2) is 54.6 Å². The van der Waals surface area contributed by atoms with Gasteiger partial charge in [-0.1, -0.05) is 24.3 Å². The van der Waals surface area contributed by atoms with Gasteiger partial charge >= 0.3 is 12.3 Å². The number of fused-ring (bicyclic) bond motifs is 1. The number of benzene rings is 2. The fourth-order valence-electron chi connectivity index (χ4n) is 4.17. The number of nitrogens with two attached hydrogens (primary N) is 1. The zero-order valence-electron chi connectivity index (χ0n) is 19.3. The largest absolute Gasteiger partial charge is 0.586 e. The van der Waals surface area contributed by atoms with E-state index in [0.29, 0.717) is 41.0 Å². The standard InChI is InChI=1S/C26H23F2N3O5/c1-15-5-8-21(30-22(15)16-3-2-4-17(13-16)23(32)34-12-11-29)31-24(33)25(9-10-25)18-6-7-19-20(14-18)36-26(27,28)35-19/h2-8,13-14H,9-12,29H2,1H3,(H,30,31,33). The molecule has 1 amide bonds. The molecule has 2 heterocycles. The van der Waals surface area contributed by atoms with Crippen LogP contribution < -0.4 is 20.5 Å². The molecule has 3 aromatic rings. The van der Waals surface area contributed by atoms with E-state index in [1.54, 1.807) is 30.3 Å². The Labute approximate surface area is 205 Å². The number of carbonyl (C=O) groups is 2. The first-order valence-electron chi connectivity index (χ1n) is 11.4. The number of pyridine rings is 1. The van der Waals surface area contributed by atoms with Crippen molar-refractivity contribution in [2.75, 3.05) is 18.5 Å². The van der Waals surface area contributed by atoms with E-state index in [-0.39, 0.29) is 30.6 Å². The maximum Gasteiger partial charge on any atom is 0.586 e. The van der Waals surface area contributed by atoms with Crippen LogP contribution in [-0.4, -0.2) is 36.3 Å². The molecule has 3 N–H and O–H groups in total. The Balaban J connectivity index is 1.37. The summed E-state index contributed by atoms with van der Waals surface area (Å²) in [5, 5.41) is 2.85. The SMILES string of the molecule is Cc1ccc(NC(=O)C2(c3ccc4c(c3)OC(F)(F)O4)CC2)nc1-c1cccc(C(=O)OCCN)c1. The first-order valence-corrected chi connectivity index (χ1v) is 11.4. The van der Waals surface area contributed by atoms with Crippen molar-refractivity contribution >= 4 is 17.7 Å². The third-order valence-corrected chi connectivity index (χ3v) is 6.20. The molecule has 1 aliphatic heterocycles. The van der Waals surface area contributed by atoms with Gasteiger partial charge in [0.25, 0.3) is 0 Å². The van der Waals surface area contributed by atoms with Gasteiger partial charge in [-0.2, -0.15) is 0 Å². The summed E-state index contributed by atoms with van der Waals surface area (Å²) in [5.74, 6) is -0.623. The monoisotopic (exact) mass is 495 g/mol. The molecule has 10 heteroatoms. The van der Waals surface area contributed by atoms with E-state index in [2.05, 4.69) is 19.8 Å². The number of amides is 1. The number of rotatable bonds is 7. The van der Waals surface area contributed by atoms with Crippen LogP contribution in [0.25, 0.3) is 11.3 Å². The van der Waals surface area contributed by atoms with E-state index in [4.69, 9.17) is 10.5 Å². The number of hydrogen-bond donors (Lipinski definition) is 2. The number of carbonyl (C=O) groups excluding carboxylic acids is 2. The van der Waals surface area contributed by atoms with E-state index in [1.165, 1.54) is 12.1 Å². The van der Waals surface area contributed by atoms with Crippen molar-refractivity contribution in [3.8, 4) is 22.8 Å². The van der Waals surface area contributed by atoms with Crippen molar-refractivity contribution in [3.05, 3.63) is 71.3 Å². The molecule has 0 unspecified atom stereocenters. The lowest BCUT2D eigenvalue weighted by Crippen LogP contribution is -2.28. The van der Waals surface area contributed by atoms with Gasteiger partial charge in [0.1, 0.15) is 12.4 Å². The lowest BCUT2D eigenvalue weighted by molar-refractivity contribution is -0.286. The molecule has 1 saturated carbocycles. The van der Waals surface area contributed by atoms with Crippen LogP contribution in [-0.2, 0) is 14.9 Å². The predicted octanol–water partition coefficient (Wildman–Crippen LogP) is 4.16. The number of anilines is 1. The van der Waals surface area contributed by atoms with Crippen LogP contribution in [0.1, 0.15) is 34.3 Å². The third kappa shape index (κ3) is 4.47. The number of alkyl halides is 2. The average Bonchev–Trinajstić information content (AvgIpc) is 3.60. The number of esters is 1. The zero-order valence-corrected chi connectivity index (χ0v) is 19.3. The molecule has 5 rings (SSSR count). The minimum Gasteiger partial charge on any atom is -0.461 e. The van der Waals surface area contributed by atoms with Gasteiger partial charge in [0.2, 0.25) is 5.91 Å². The van der Waals surface area contributed by atoms with Crippen LogP contribution in [0.3, 0.4) is 0 Å². The molecule has 8 nitrogen and oxygen atoms in total. The predicted molar refractivity (Wildman–Crippen MR) is 126 cm³/mol. The van der Waals surface area contributed by atoms with E-state index in [1.807, 2.05) is 19.1 Å². The molecule has 2 aliphatic rings. The van der Waals surface area contributed by atoms with Gasteiger partial charge in [0.15, 0.2) is 11.5 Å². The molecule has 36 heavy (non-hydrogen) atoms. The molecule has 1 aromatic heterocycles. The number of nitrogens with one attached hydrogen (secondary N) is 1. The van der Waals surface area contributed by atoms with Crippen LogP contribution in [0.5, 0.6) is 11.5 Å². The highest BCUT2D eigenvalue weighted by Gasteiger charge is 2.53. The van der Waals surface area contributed by atoms with E-state index in [0.717, 1.165) is 5.56 Å². The molecule has 2 aromatic carbocycles. The van der Waals surface area contributed by atoms with Gasteiger partial charge < -0.3 is 25.3 Å². The quantitative estimate of drug-likeness (QED) is 0.473. The summed E-state index contributed by atoms with van der Waals surface area (Å²) in [6.45, 7) is 2.22. The highest BCUT2D eigenvalue weighted by molar-refractivity contribution is 6.01. The van der Waals surface area contributed by atoms with Crippen molar-refractivity contribution in [2.45, 2.75) is 31.5 Å². The van der Waals surface area contributed by atoms with Gasteiger partial charge in [-0.3, -0.25) is 4.79 Å². The highest BCUT2D eigenvalue weighted by Crippen LogP contribution is 2.52. The van der Waals surface area contributed by atoms with Crippen molar-refractivity contribution < 1.29 is 32.6 Å². The first-order chi connectivity index (χ1) is 17.2. The number of halogens is 2. The second-order valence-corrected chi connectivity index (χ2v) is 8.73. The van der Waals surface area contributed by atoms with E-state index >= 15 is 0 Å². The van der Waals surface area contributed by atoms with Gasteiger partial charge in [-0.25, -0.2) is 9.78 Å². The van der Waals surface area contributed by atoms with Crippen LogP contribution >= 0.6 is 0 Å². The Bertz CT molecular complexity index is 1360. The lowest BCUT2D eigenvalue weighted by atomic mass is 9.94. The summed E-state index contributed by atoms with van der Waals surface area (Å²) < 4.78 is 40.9. The van der Waals surface area contributed by atoms with Crippen LogP contribution in [0, 0.1) is 6.92 Å². The molecule has 0 spiro atoms. The number of aromatic nitrogens is 1. The second kappa shape index (κ2) is 8.87. The topological polar surface area (TPSA) is 113 Å². The summed E-state index contributed by atoms with van der Waals surface area (Å²) in [7, 11) is 0. The maximum atomic E-state index is 13.4. The van der Waals surface area contributed by atoms with Gasteiger partial charge in [-0.15, -0.1) is 8.78 Å². The zero-order chi connectivity index (χ0) is 25.5. The van der Waals surface area contributed by atoms with Gasteiger partial charge in [-0.05, 0) is 61.2 Å². The van der Waals surface area contributed by atoms with Crippen molar-refractivity contribution in [3.63, 3.8) is 0 Å². The fraction of sp³-hybridized carbons (Fsp3) is 0.269. The number of ether oxygens (including phenoxy) is 3. The number of nitrogens with zero attached hydrogens (tertiary/aromatic N) is 1. The number of hydrogen-bond acceptors (Lipinski definition) is 7. The fourth-order valence-corrected chi connectivity index (χ4v) is 4.17. The summed E-state index contributed by atoms with van der Waals surface area (Å²) in [6, 6.07) is 14.8. The van der Waals surface area contributed by atoms with Crippen LogP contribution in [0.2, 0.25) is 0 Å². The Morgan fingerprint density at radius 1 is 1.08 bits per heavy atom. The summed E-state index contributed by atoms with van der Waals surface area (Å²) in [5.41, 5.74) is 7.58. The van der Waals surface area contributed by atoms with Crippen molar-refractivity contribution in [1.82, 2.24) is 4.98 Å². The Hall–Kier alpha value is -4.05. The molecule has 0 atom stereocenters. The van der Waals surface area contributed by atoms with Crippen LogP contribution in [0.4, 0.5) is 14.6 Å². The minimum atomic E-state index is -3.72. The Morgan fingerprint density at radius 2 is 1.86 bits per heavy atom. The molecule has 1 fully saturated rings. The Morgan fingerprint density at radius 3 is 2.61 bits per heavy atom. The first kappa shape index (κ1) is 23.7. The van der Waals surface area contributed by atoms with E-state index < -0.39 is 17.7 Å². The van der Waals surface area contributed by atoms with Gasteiger partial charge in [0, 0.05) is 12.1 Å².